The van der Waals surface area contributed by atoms with Crippen molar-refractivity contribution >= 4 is 43.7 Å². The minimum atomic E-state index is -0.113. The highest BCUT2D eigenvalue weighted by Gasteiger charge is 2.25. The molecular formula is C12H12Br2N2O2. The van der Waals surface area contributed by atoms with E-state index in [9.17, 15) is 9.59 Å². The summed E-state index contributed by atoms with van der Waals surface area (Å²) in [5, 5.41) is 0. The van der Waals surface area contributed by atoms with Crippen molar-refractivity contribution in [3.63, 3.8) is 0 Å². The highest BCUT2D eigenvalue weighted by Crippen LogP contribution is 2.21. The van der Waals surface area contributed by atoms with E-state index in [0.29, 0.717) is 18.7 Å². The van der Waals surface area contributed by atoms with Crippen LogP contribution < -0.4 is 0 Å². The van der Waals surface area contributed by atoms with Crippen molar-refractivity contribution in [3.05, 3.63) is 32.7 Å². The molecule has 0 saturated carbocycles. The van der Waals surface area contributed by atoms with Crippen LogP contribution in [0.25, 0.3) is 0 Å². The lowest BCUT2D eigenvalue weighted by Crippen LogP contribution is -2.50. The number of hydrogen-bond donors (Lipinski definition) is 0. The number of benzene rings is 1. The Kier molecular flexibility index (Phi) is 4.07. The molecule has 1 aromatic rings. The summed E-state index contributed by atoms with van der Waals surface area (Å²) >= 11 is 6.70. The standard InChI is InChI=1S/C12H12Br2N2O2/c1-15-2-3-16(7-11(15)17)12(18)8-4-9(13)6-10(14)5-8/h4-6H,2-3,7H2,1H3. The smallest absolute Gasteiger partial charge is 0.254 e. The first-order chi connectivity index (χ1) is 8.47. The summed E-state index contributed by atoms with van der Waals surface area (Å²) in [6, 6.07) is 5.39. The van der Waals surface area contributed by atoms with Crippen LogP contribution in [0, 0.1) is 0 Å². The van der Waals surface area contributed by atoms with Crippen molar-refractivity contribution < 1.29 is 9.59 Å². The highest BCUT2D eigenvalue weighted by molar-refractivity contribution is 9.11. The van der Waals surface area contributed by atoms with Crippen molar-refractivity contribution in [1.29, 1.82) is 0 Å². The first-order valence-corrected chi connectivity index (χ1v) is 7.05. The van der Waals surface area contributed by atoms with Gasteiger partial charge in [-0.25, -0.2) is 0 Å². The summed E-state index contributed by atoms with van der Waals surface area (Å²) in [7, 11) is 1.75. The Morgan fingerprint density at radius 3 is 2.33 bits per heavy atom. The van der Waals surface area contributed by atoms with Crippen LogP contribution in [0.5, 0.6) is 0 Å². The third kappa shape index (κ3) is 2.92. The Morgan fingerprint density at radius 1 is 1.17 bits per heavy atom. The van der Waals surface area contributed by atoms with E-state index in [4.69, 9.17) is 0 Å². The van der Waals surface area contributed by atoms with E-state index in [2.05, 4.69) is 31.9 Å². The maximum absolute atomic E-state index is 12.3. The summed E-state index contributed by atoms with van der Waals surface area (Å²) in [5.41, 5.74) is 0.577. The molecule has 0 N–H and O–H groups in total. The van der Waals surface area contributed by atoms with Gasteiger partial charge in [0.2, 0.25) is 5.91 Å². The number of rotatable bonds is 1. The minimum Gasteiger partial charge on any atom is -0.342 e. The zero-order chi connectivity index (χ0) is 13.3. The lowest BCUT2D eigenvalue weighted by Gasteiger charge is -2.32. The Morgan fingerprint density at radius 2 is 1.78 bits per heavy atom. The van der Waals surface area contributed by atoms with E-state index in [0.717, 1.165) is 8.95 Å². The minimum absolute atomic E-state index is 0.0244. The summed E-state index contributed by atoms with van der Waals surface area (Å²) in [4.78, 5) is 27.1. The van der Waals surface area contributed by atoms with E-state index in [-0.39, 0.29) is 18.4 Å². The first-order valence-electron chi connectivity index (χ1n) is 5.46. The molecule has 0 spiro atoms. The molecule has 6 heteroatoms. The molecule has 0 atom stereocenters. The fraction of sp³-hybridized carbons (Fsp3) is 0.333. The molecule has 96 valence electrons. The molecular weight excluding hydrogens is 364 g/mol. The van der Waals surface area contributed by atoms with Crippen LogP contribution in [-0.4, -0.2) is 48.3 Å². The van der Waals surface area contributed by atoms with Crippen LogP contribution in [0.1, 0.15) is 10.4 Å². The third-order valence-electron chi connectivity index (χ3n) is 2.85. The van der Waals surface area contributed by atoms with Crippen LogP contribution in [0.3, 0.4) is 0 Å². The zero-order valence-electron chi connectivity index (χ0n) is 9.82. The second-order valence-corrected chi connectivity index (χ2v) is 6.03. The van der Waals surface area contributed by atoms with Crippen molar-refractivity contribution in [2.75, 3.05) is 26.7 Å². The molecule has 1 fully saturated rings. The fourth-order valence-corrected chi connectivity index (χ4v) is 3.09. The number of carbonyl (C=O) groups excluding carboxylic acids is 2. The van der Waals surface area contributed by atoms with Gasteiger partial charge < -0.3 is 9.80 Å². The number of nitrogens with zero attached hydrogens (tertiary/aromatic N) is 2. The van der Waals surface area contributed by atoms with Gasteiger partial charge in [-0.15, -0.1) is 0 Å². The average molecular weight is 376 g/mol. The van der Waals surface area contributed by atoms with E-state index < -0.39 is 0 Å². The van der Waals surface area contributed by atoms with Gasteiger partial charge in [0, 0.05) is 34.6 Å². The lowest BCUT2D eigenvalue weighted by atomic mass is 10.2. The number of piperazine rings is 1. The molecule has 0 aliphatic carbocycles. The molecule has 2 amide bonds. The van der Waals surface area contributed by atoms with Gasteiger partial charge in [0.1, 0.15) is 6.54 Å². The van der Waals surface area contributed by atoms with Gasteiger partial charge >= 0.3 is 0 Å². The predicted octanol–water partition coefficient (Wildman–Crippen LogP) is 2.13. The molecule has 1 aliphatic heterocycles. The summed E-state index contributed by atoms with van der Waals surface area (Å²) in [6.45, 7) is 1.31. The second kappa shape index (κ2) is 5.40. The van der Waals surface area contributed by atoms with E-state index >= 15 is 0 Å². The maximum atomic E-state index is 12.3. The molecule has 1 saturated heterocycles. The van der Waals surface area contributed by atoms with Crippen LogP contribution >= 0.6 is 31.9 Å². The highest BCUT2D eigenvalue weighted by atomic mass is 79.9. The van der Waals surface area contributed by atoms with Crippen molar-refractivity contribution in [1.82, 2.24) is 9.80 Å². The topological polar surface area (TPSA) is 40.6 Å². The molecule has 0 unspecified atom stereocenters. The maximum Gasteiger partial charge on any atom is 0.254 e. The van der Waals surface area contributed by atoms with Crippen molar-refractivity contribution in [2.45, 2.75) is 0 Å². The molecule has 2 rings (SSSR count). The van der Waals surface area contributed by atoms with Gasteiger partial charge in [-0.05, 0) is 18.2 Å². The van der Waals surface area contributed by atoms with Gasteiger partial charge in [0.15, 0.2) is 0 Å². The van der Waals surface area contributed by atoms with Crippen molar-refractivity contribution in [2.24, 2.45) is 0 Å². The van der Waals surface area contributed by atoms with Crippen LogP contribution in [0.4, 0.5) is 0 Å². The Hall–Kier alpha value is -0.880. The molecule has 0 bridgehead atoms. The van der Waals surface area contributed by atoms with Gasteiger partial charge in [0.25, 0.3) is 5.91 Å². The Balaban J connectivity index is 2.18. The number of amides is 2. The zero-order valence-corrected chi connectivity index (χ0v) is 13.0. The Labute approximate surface area is 122 Å². The summed E-state index contributed by atoms with van der Waals surface area (Å²) < 4.78 is 1.67. The van der Waals surface area contributed by atoms with E-state index in [1.54, 1.807) is 29.0 Å². The molecule has 1 aliphatic rings. The summed E-state index contributed by atoms with van der Waals surface area (Å²) in [6.07, 6.45) is 0. The lowest BCUT2D eigenvalue weighted by molar-refractivity contribution is -0.133. The van der Waals surface area contributed by atoms with Crippen molar-refractivity contribution in [3.8, 4) is 0 Å². The van der Waals surface area contributed by atoms with Crippen LogP contribution in [-0.2, 0) is 4.79 Å². The molecule has 0 radical (unpaired) electrons. The van der Waals surface area contributed by atoms with Crippen LogP contribution in [0.2, 0.25) is 0 Å². The monoisotopic (exact) mass is 374 g/mol. The molecule has 1 heterocycles. The van der Waals surface area contributed by atoms with Gasteiger partial charge in [-0.2, -0.15) is 0 Å². The SMILES string of the molecule is CN1CCN(C(=O)c2cc(Br)cc(Br)c2)CC1=O. The summed E-state index contributed by atoms with van der Waals surface area (Å²) in [5.74, 6) is -0.137. The largest absolute Gasteiger partial charge is 0.342 e. The second-order valence-electron chi connectivity index (χ2n) is 4.20. The molecule has 18 heavy (non-hydrogen) atoms. The number of carbonyl (C=O) groups is 2. The quantitative estimate of drug-likeness (QED) is 0.754. The average Bonchev–Trinajstić information content (AvgIpc) is 2.30. The number of halogens is 2. The normalized spacial score (nSPS) is 16.1. The fourth-order valence-electron chi connectivity index (χ4n) is 1.79. The molecule has 1 aromatic carbocycles. The number of likely N-dealkylation sites (N-methyl/N-ethyl adjacent to an activating group) is 1. The van der Waals surface area contributed by atoms with Gasteiger partial charge in [-0.1, -0.05) is 31.9 Å². The van der Waals surface area contributed by atoms with Crippen LogP contribution in [0.15, 0.2) is 27.1 Å². The van der Waals surface area contributed by atoms with Gasteiger partial charge in [0.05, 0.1) is 0 Å². The molecule has 4 nitrogen and oxygen atoms in total. The Bertz CT molecular complexity index is 485. The first kappa shape index (κ1) is 13.5. The van der Waals surface area contributed by atoms with E-state index in [1.165, 1.54) is 0 Å². The predicted molar refractivity (Wildman–Crippen MR) is 75.4 cm³/mol. The third-order valence-corrected chi connectivity index (χ3v) is 3.77. The number of hydrogen-bond acceptors (Lipinski definition) is 2. The van der Waals surface area contributed by atoms with Gasteiger partial charge in [-0.3, -0.25) is 9.59 Å². The van der Waals surface area contributed by atoms with E-state index in [1.807, 2.05) is 6.07 Å². The molecule has 0 aromatic heterocycles.